The number of nitrogens with one attached hydrogen (secondary N) is 2. The lowest BCUT2D eigenvalue weighted by molar-refractivity contribution is 0.189. The molecule has 2 heterocycles. The van der Waals surface area contributed by atoms with E-state index in [1.807, 2.05) is 37.6 Å². The summed E-state index contributed by atoms with van der Waals surface area (Å²) in [6, 6.07) is 5.90. The van der Waals surface area contributed by atoms with Gasteiger partial charge in [-0.2, -0.15) is 5.10 Å². The van der Waals surface area contributed by atoms with Crippen molar-refractivity contribution < 1.29 is 0 Å². The molecule has 0 bridgehead atoms. The van der Waals surface area contributed by atoms with E-state index in [0.717, 1.165) is 29.5 Å². The van der Waals surface area contributed by atoms with Crippen LogP contribution in [0.3, 0.4) is 0 Å². The van der Waals surface area contributed by atoms with Crippen LogP contribution >= 0.6 is 23.4 Å². The molecule has 1 fully saturated rings. The fourth-order valence-electron chi connectivity index (χ4n) is 3.99. The van der Waals surface area contributed by atoms with E-state index in [0.29, 0.717) is 15.3 Å². The van der Waals surface area contributed by atoms with Crippen molar-refractivity contribution in [3.05, 3.63) is 41.2 Å². The van der Waals surface area contributed by atoms with Crippen molar-refractivity contribution in [2.24, 2.45) is 7.05 Å². The van der Waals surface area contributed by atoms with E-state index in [2.05, 4.69) is 38.1 Å². The first-order valence-electron chi connectivity index (χ1n) is 8.88. The molecule has 6 heteroatoms. The lowest BCUT2D eigenvalue weighted by Crippen LogP contribution is -2.58. The standard InChI is InChI=1S/C20H27ClN4S/c1-19(2)9-15(10-20(3,4)24-19)26-18(22)16-7-6-13(8-17(16)21)14-11-23-25(5)12-14/h6-8,11-12,15,22,24H,9-10H2,1-5H3. The van der Waals surface area contributed by atoms with Crippen molar-refractivity contribution in [1.29, 1.82) is 5.41 Å². The molecule has 0 saturated carbocycles. The maximum Gasteiger partial charge on any atom is 0.0960 e. The third kappa shape index (κ3) is 4.51. The lowest BCUT2D eigenvalue weighted by atomic mass is 9.82. The van der Waals surface area contributed by atoms with Gasteiger partial charge in [-0.15, -0.1) is 11.8 Å². The molecule has 0 aliphatic carbocycles. The van der Waals surface area contributed by atoms with Crippen molar-refractivity contribution in [1.82, 2.24) is 15.1 Å². The largest absolute Gasteiger partial charge is 0.307 e. The molecule has 0 amide bonds. The molecule has 0 radical (unpaired) electrons. The molecule has 2 N–H and O–H groups in total. The zero-order valence-electron chi connectivity index (χ0n) is 16.1. The van der Waals surface area contributed by atoms with Crippen molar-refractivity contribution >= 4 is 28.4 Å². The highest BCUT2D eigenvalue weighted by atomic mass is 35.5. The van der Waals surface area contributed by atoms with Crippen LogP contribution in [0.5, 0.6) is 0 Å². The molecule has 140 valence electrons. The zero-order chi connectivity index (χ0) is 19.1. The Morgan fingerprint density at radius 3 is 2.42 bits per heavy atom. The summed E-state index contributed by atoms with van der Waals surface area (Å²) >= 11 is 8.16. The number of thioether (sulfide) groups is 1. The van der Waals surface area contributed by atoms with Gasteiger partial charge in [0.05, 0.1) is 16.3 Å². The summed E-state index contributed by atoms with van der Waals surface area (Å²) in [6.45, 7) is 8.95. The topological polar surface area (TPSA) is 53.7 Å². The second-order valence-electron chi connectivity index (χ2n) is 8.47. The monoisotopic (exact) mass is 390 g/mol. The summed E-state index contributed by atoms with van der Waals surface area (Å²) in [4.78, 5) is 0. The van der Waals surface area contributed by atoms with Gasteiger partial charge in [0.15, 0.2) is 0 Å². The molecule has 1 aromatic heterocycles. The minimum absolute atomic E-state index is 0.0770. The van der Waals surface area contributed by atoms with E-state index >= 15 is 0 Å². The maximum atomic E-state index is 8.59. The Labute approximate surface area is 165 Å². The van der Waals surface area contributed by atoms with Gasteiger partial charge in [-0.05, 0) is 52.2 Å². The van der Waals surface area contributed by atoms with Crippen LogP contribution in [0, 0.1) is 5.41 Å². The fraction of sp³-hybridized carbons (Fsp3) is 0.500. The quantitative estimate of drug-likeness (QED) is 0.565. The van der Waals surface area contributed by atoms with Crippen LogP contribution in [0.4, 0.5) is 0 Å². The number of benzene rings is 1. The first kappa shape index (κ1) is 19.5. The Morgan fingerprint density at radius 2 is 1.88 bits per heavy atom. The summed E-state index contributed by atoms with van der Waals surface area (Å²) in [5.41, 5.74) is 3.01. The van der Waals surface area contributed by atoms with Gasteiger partial charge in [-0.3, -0.25) is 10.1 Å². The molecule has 4 nitrogen and oxygen atoms in total. The highest BCUT2D eigenvalue weighted by Gasteiger charge is 2.38. The predicted molar refractivity (Wildman–Crippen MR) is 112 cm³/mol. The molecular formula is C20H27ClN4S. The van der Waals surface area contributed by atoms with Crippen molar-refractivity contribution in [3.63, 3.8) is 0 Å². The Bertz CT molecular complexity index is 809. The molecule has 0 atom stereocenters. The smallest absolute Gasteiger partial charge is 0.0960 e. The number of nitrogens with zero attached hydrogens (tertiary/aromatic N) is 2. The Hall–Kier alpha value is -1.30. The highest BCUT2D eigenvalue weighted by molar-refractivity contribution is 8.14. The van der Waals surface area contributed by atoms with E-state index in [1.165, 1.54) is 0 Å². The Morgan fingerprint density at radius 1 is 1.23 bits per heavy atom. The number of hydrogen-bond donors (Lipinski definition) is 2. The summed E-state index contributed by atoms with van der Waals surface area (Å²) in [6.07, 6.45) is 5.86. The summed E-state index contributed by atoms with van der Waals surface area (Å²) in [5.74, 6) is 0. The second-order valence-corrected chi connectivity index (χ2v) is 10.2. The van der Waals surface area contributed by atoms with Gasteiger partial charge in [0.2, 0.25) is 0 Å². The third-order valence-electron chi connectivity index (χ3n) is 4.69. The van der Waals surface area contributed by atoms with Gasteiger partial charge in [-0.1, -0.05) is 23.7 Å². The number of hydrogen-bond acceptors (Lipinski definition) is 4. The molecule has 1 aliphatic heterocycles. The first-order chi connectivity index (χ1) is 12.0. The molecule has 0 unspecified atom stereocenters. The number of rotatable bonds is 3. The van der Waals surface area contributed by atoms with Gasteiger partial charge in [0, 0.05) is 40.7 Å². The van der Waals surface area contributed by atoms with Crippen LogP contribution in [-0.4, -0.2) is 31.2 Å². The zero-order valence-corrected chi connectivity index (χ0v) is 17.6. The van der Waals surface area contributed by atoms with Gasteiger partial charge in [0.1, 0.15) is 0 Å². The van der Waals surface area contributed by atoms with Crippen molar-refractivity contribution in [2.45, 2.75) is 56.9 Å². The SMILES string of the molecule is Cn1cc(-c2ccc(C(=N)SC3CC(C)(C)NC(C)(C)C3)c(Cl)c2)cn1. The molecule has 1 aliphatic rings. The number of halogens is 1. The average molecular weight is 391 g/mol. The van der Waals surface area contributed by atoms with E-state index in [4.69, 9.17) is 17.0 Å². The number of aryl methyl sites for hydroxylation is 1. The van der Waals surface area contributed by atoms with E-state index < -0.39 is 0 Å². The van der Waals surface area contributed by atoms with E-state index in [1.54, 1.807) is 16.4 Å². The Balaban J connectivity index is 1.76. The first-order valence-corrected chi connectivity index (χ1v) is 10.1. The van der Waals surface area contributed by atoms with Gasteiger partial charge < -0.3 is 5.32 Å². The normalized spacial score (nSPS) is 19.5. The maximum absolute atomic E-state index is 8.59. The lowest BCUT2D eigenvalue weighted by Gasteiger charge is -2.46. The fourth-order valence-corrected chi connectivity index (χ4v) is 5.96. The van der Waals surface area contributed by atoms with Crippen molar-refractivity contribution in [2.75, 3.05) is 0 Å². The van der Waals surface area contributed by atoms with Crippen LogP contribution in [0.25, 0.3) is 11.1 Å². The molecule has 2 aromatic rings. The Kier molecular flexibility index (Phi) is 5.26. The second kappa shape index (κ2) is 7.02. The molecule has 1 saturated heterocycles. The number of aromatic nitrogens is 2. The molecule has 3 rings (SSSR count). The van der Waals surface area contributed by atoms with E-state index in [-0.39, 0.29) is 11.1 Å². The van der Waals surface area contributed by atoms with Gasteiger partial charge >= 0.3 is 0 Å². The van der Waals surface area contributed by atoms with Crippen LogP contribution < -0.4 is 5.32 Å². The third-order valence-corrected chi connectivity index (χ3v) is 6.12. The number of piperidine rings is 1. The predicted octanol–water partition coefficient (Wildman–Crippen LogP) is 5.11. The van der Waals surface area contributed by atoms with Crippen LogP contribution in [0.1, 0.15) is 46.1 Å². The van der Waals surface area contributed by atoms with Crippen molar-refractivity contribution in [3.8, 4) is 11.1 Å². The highest BCUT2D eigenvalue weighted by Crippen LogP contribution is 2.38. The summed E-state index contributed by atoms with van der Waals surface area (Å²) < 4.78 is 1.77. The molecule has 1 aromatic carbocycles. The summed E-state index contributed by atoms with van der Waals surface area (Å²) in [7, 11) is 1.90. The minimum Gasteiger partial charge on any atom is -0.307 e. The summed E-state index contributed by atoms with van der Waals surface area (Å²) in [5, 5.41) is 18.1. The minimum atomic E-state index is 0.0770. The van der Waals surface area contributed by atoms with E-state index in [9.17, 15) is 0 Å². The average Bonchev–Trinajstić information content (AvgIpc) is 2.90. The van der Waals surface area contributed by atoms with Crippen LogP contribution in [0.2, 0.25) is 5.02 Å². The van der Waals surface area contributed by atoms with Gasteiger partial charge in [-0.25, -0.2) is 0 Å². The van der Waals surface area contributed by atoms with Crippen LogP contribution in [0.15, 0.2) is 30.6 Å². The molecule has 0 spiro atoms. The van der Waals surface area contributed by atoms with Crippen LogP contribution in [-0.2, 0) is 7.05 Å². The van der Waals surface area contributed by atoms with Gasteiger partial charge in [0.25, 0.3) is 0 Å². The molecular weight excluding hydrogens is 364 g/mol. The molecule has 26 heavy (non-hydrogen) atoms.